The lowest BCUT2D eigenvalue weighted by atomic mass is 9.86. The standard InChI is InChI=1S/C26H36N2O3S/c1-19-7-6-8-21(17-19)18-32(30,31)28-15-13-23(14-16-28)25(29)27-20(2)22-9-11-24(12-10-22)26(3,4)5/h6-12,17,20,23H,13-16,18H2,1-5H3,(H,27,29)/t20-/m0/s1. The Morgan fingerprint density at radius 2 is 1.72 bits per heavy atom. The van der Waals surface area contributed by atoms with E-state index in [1.54, 1.807) is 0 Å². The van der Waals surface area contributed by atoms with Crippen LogP contribution in [0.5, 0.6) is 0 Å². The second-order valence-corrected chi connectivity index (χ2v) is 12.0. The number of carbonyl (C=O) groups excluding carboxylic acids is 1. The van der Waals surface area contributed by atoms with Gasteiger partial charge in [-0.1, -0.05) is 74.9 Å². The molecule has 1 amide bonds. The topological polar surface area (TPSA) is 66.5 Å². The van der Waals surface area contributed by atoms with Crippen LogP contribution in [-0.4, -0.2) is 31.7 Å². The Morgan fingerprint density at radius 3 is 2.28 bits per heavy atom. The van der Waals surface area contributed by atoms with Crippen LogP contribution in [0.15, 0.2) is 48.5 Å². The minimum Gasteiger partial charge on any atom is -0.349 e. The average molecular weight is 457 g/mol. The van der Waals surface area contributed by atoms with Gasteiger partial charge in [0, 0.05) is 19.0 Å². The largest absolute Gasteiger partial charge is 0.349 e. The number of piperidine rings is 1. The molecule has 0 spiro atoms. The van der Waals surface area contributed by atoms with Crippen molar-refractivity contribution >= 4 is 15.9 Å². The van der Waals surface area contributed by atoms with Gasteiger partial charge in [-0.25, -0.2) is 12.7 Å². The monoisotopic (exact) mass is 456 g/mol. The fourth-order valence-electron chi connectivity index (χ4n) is 4.19. The highest BCUT2D eigenvalue weighted by Gasteiger charge is 2.31. The summed E-state index contributed by atoms with van der Waals surface area (Å²) in [7, 11) is -3.38. The summed E-state index contributed by atoms with van der Waals surface area (Å²) in [5.74, 6) is -0.141. The molecule has 3 rings (SSSR count). The molecule has 1 aliphatic rings. The molecule has 2 aromatic rings. The molecule has 6 heteroatoms. The van der Waals surface area contributed by atoms with E-state index in [2.05, 4.69) is 50.4 Å². The summed E-state index contributed by atoms with van der Waals surface area (Å²) in [6.45, 7) is 11.3. The van der Waals surface area contributed by atoms with Crippen LogP contribution >= 0.6 is 0 Å². The summed E-state index contributed by atoms with van der Waals surface area (Å²) < 4.78 is 27.2. The van der Waals surface area contributed by atoms with Gasteiger partial charge in [0.2, 0.25) is 15.9 Å². The van der Waals surface area contributed by atoms with E-state index in [1.165, 1.54) is 9.87 Å². The SMILES string of the molecule is Cc1cccc(CS(=O)(=O)N2CCC(C(=O)N[C@@H](C)c3ccc(C(C)(C)C)cc3)CC2)c1. The van der Waals surface area contributed by atoms with Crippen molar-refractivity contribution in [2.45, 2.75) is 64.7 Å². The second kappa shape index (κ2) is 9.75. The predicted octanol–water partition coefficient (Wildman–Crippen LogP) is 4.71. The van der Waals surface area contributed by atoms with E-state index in [4.69, 9.17) is 0 Å². The van der Waals surface area contributed by atoms with Crippen LogP contribution < -0.4 is 5.32 Å². The second-order valence-electron chi connectivity index (χ2n) is 10.0. The molecule has 0 saturated carbocycles. The maximum Gasteiger partial charge on any atom is 0.223 e. The van der Waals surface area contributed by atoms with Crippen LogP contribution in [0.1, 0.15) is 68.8 Å². The Bertz CT molecular complexity index is 1030. The molecule has 5 nitrogen and oxygen atoms in total. The fraction of sp³-hybridized carbons (Fsp3) is 0.500. The number of sulfonamides is 1. The smallest absolute Gasteiger partial charge is 0.223 e. The van der Waals surface area contributed by atoms with Crippen molar-refractivity contribution in [3.8, 4) is 0 Å². The van der Waals surface area contributed by atoms with Crippen molar-refractivity contribution in [2.75, 3.05) is 13.1 Å². The summed E-state index contributed by atoms with van der Waals surface area (Å²) in [5, 5.41) is 3.12. The molecular weight excluding hydrogens is 420 g/mol. The van der Waals surface area contributed by atoms with Crippen molar-refractivity contribution in [1.29, 1.82) is 0 Å². The molecule has 0 radical (unpaired) electrons. The first kappa shape index (κ1) is 24.5. The molecule has 1 heterocycles. The molecule has 2 aromatic carbocycles. The van der Waals surface area contributed by atoms with Crippen LogP contribution in [0.2, 0.25) is 0 Å². The van der Waals surface area contributed by atoms with Crippen LogP contribution in [0.4, 0.5) is 0 Å². The fourth-order valence-corrected chi connectivity index (χ4v) is 5.74. The van der Waals surface area contributed by atoms with Gasteiger partial charge in [0.05, 0.1) is 11.8 Å². The van der Waals surface area contributed by atoms with Crippen molar-refractivity contribution < 1.29 is 13.2 Å². The van der Waals surface area contributed by atoms with E-state index in [0.29, 0.717) is 25.9 Å². The number of nitrogens with one attached hydrogen (secondary N) is 1. The first-order valence-corrected chi connectivity index (χ1v) is 13.0. The van der Waals surface area contributed by atoms with Gasteiger partial charge in [0.1, 0.15) is 0 Å². The normalized spacial score (nSPS) is 17.2. The van der Waals surface area contributed by atoms with Crippen LogP contribution in [-0.2, 0) is 26.0 Å². The molecule has 174 valence electrons. The maximum atomic E-state index is 12.8. The van der Waals surface area contributed by atoms with Gasteiger partial charge in [-0.05, 0) is 48.8 Å². The van der Waals surface area contributed by atoms with E-state index >= 15 is 0 Å². The lowest BCUT2D eigenvalue weighted by Crippen LogP contribution is -2.43. The number of nitrogens with zero attached hydrogens (tertiary/aromatic N) is 1. The first-order valence-electron chi connectivity index (χ1n) is 11.4. The van der Waals surface area contributed by atoms with Gasteiger partial charge < -0.3 is 5.32 Å². The quantitative estimate of drug-likeness (QED) is 0.684. The summed E-state index contributed by atoms with van der Waals surface area (Å²) in [6.07, 6.45) is 1.10. The molecule has 0 aliphatic carbocycles. The number of benzene rings is 2. The molecule has 1 atom stereocenters. The zero-order valence-corrected chi connectivity index (χ0v) is 20.7. The number of aryl methyl sites for hydroxylation is 1. The summed E-state index contributed by atoms with van der Waals surface area (Å²) in [4.78, 5) is 12.8. The minimum atomic E-state index is -3.38. The third-order valence-corrected chi connectivity index (χ3v) is 8.14. The maximum absolute atomic E-state index is 12.8. The number of hydrogen-bond acceptors (Lipinski definition) is 3. The zero-order valence-electron chi connectivity index (χ0n) is 19.9. The van der Waals surface area contributed by atoms with Crippen molar-refractivity contribution in [3.63, 3.8) is 0 Å². The number of hydrogen-bond donors (Lipinski definition) is 1. The first-order chi connectivity index (χ1) is 15.0. The Balaban J connectivity index is 1.53. The highest BCUT2D eigenvalue weighted by molar-refractivity contribution is 7.88. The summed E-state index contributed by atoms with van der Waals surface area (Å²) in [6, 6.07) is 15.9. The lowest BCUT2D eigenvalue weighted by molar-refractivity contribution is -0.126. The van der Waals surface area contributed by atoms with E-state index in [9.17, 15) is 13.2 Å². The van der Waals surface area contributed by atoms with E-state index in [0.717, 1.165) is 16.7 Å². The van der Waals surface area contributed by atoms with Crippen LogP contribution in [0.25, 0.3) is 0 Å². The van der Waals surface area contributed by atoms with Crippen molar-refractivity contribution in [2.24, 2.45) is 5.92 Å². The average Bonchev–Trinajstić information content (AvgIpc) is 2.73. The number of rotatable bonds is 6. The summed E-state index contributed by atoms with van der Waals surface area (Å²) >= 11 is 0. The van der Waals surface area contributed by atoms with Crippen LogP contribution in [0, 0.1) is 12.8 Å². The predicted molar refractivity (Wildman–Crippen MR) is 130 cm³/mol. The molecule has 0 bridgehead atoms. The number of amides is 1. The van der Waals surface area contributed by atoms with Crippen molar-refractivity contribution in [1.82, 2.24) is 9.62 Å². The molecule has 1 fully saturated rings. The van der Waals surface area contributed by atoms with Gasteiger partial charge in [-0.15, -0.1) is 0 Å². The lowest BCUT2D eigenvalue weighted by Gasteiger charge is -2.31. The molecule has 0 unspecified atom stereocenters. The molecule has 0 aromatic heterocycles. The molecular formula is C26H36N2O3S. The van der Waals surface area contributed by atoms with Gasteiger partial charge >= 0.3 is 0 Å². The highest BCUT2D eigenvalue weighted by Crippen LogP contribution is 2.26. The van der Waals surface area contributed by atoms with E-state index < -0.39 is 10.0 Å². The van der Waals surface area contributed by atoms with Crippen LogP contribution in [0.3, 0.4) is 0 Å². The Labute approximate surface area is 193 Å². The summed E-state index contributed by atoms with van der Waals surface area (Å²) in [5.41, 5.74) is 4.29. The molecule has 1 N–H and O–H groups in total. The third-order valence-electron chi connectivity index (χ3n) is 6.29. The number of carbonyl (C=O) groups is 1. The Kier molecular flexibility index (Phi) is 7.46. The van der Waals surface area contributed by atoms with E-state index in [-0.39, 0.29) is 29.0 Å². The Morgan fingerprint density at radius 1 is 1.09 bits per heavy atom. The Hall–Kier alpha value is -2.18. The van der Waals surface area contributed by atoms with E-state index in [1.807, 2.05) is 38.1 Å². The van der Waals surface area contributed by atoms with Gasteiger partial charge in [-0.2, -0.15) is 0 Å². The molecule has 1 aliphatic heterocycles. The minimum absolute atomic E-state index is 0.00708. The van der Waals surface area contributed by atoms with Crippen molar-refractivity contribution in [3.05, 3.63) is 70.8 Å². The van der Waals surface area contributed by atoms with Gasteiger partial charge in [0.25, 0.3) is 0 Å². The third kappa shape index (κ3) is 6.20. The molecule has 32 heavy (non-hydrogen) atoms. The van der Waals surface area contributed by atoms with Gasteiger partial charge in [-0.3, -0.25) is 4.79 Å². The zero-order chi connectivity index (χ0) is 23.5. The van der Waals surface area contributed by atoms with Gasteiger partial charge in [0.15, 0.2) is 0 Å². The highest BCUT2D eigenvalue weighted by atomic mass is 32.2. The molecule has 1 saturated heterocycles.